The average Bonchev–Trinajstić information content (AvgIpc) is 2.18. The molecule has 0 fully saturated rings. The first-order valence-electron chi connectivity index (χ1n) is 5.60. The number of hydrogen-bond donors (Lipinski definition) is 1. The molecule has 0 amide bonds. The highest BCUT2D eigenvalue weighted by atomic mass is 35.5. The van der Waals surface area contributed by atoms with Gasteiger partial charge in [-0.2, -0.15) is 0 Å². The van der Waals surface area contributed by atoms with Crippen LogP contribution >= 0.6 is 11.6 Å². The molecule has 0 unspecified atom stereocenters. The molecule has 16 heavy (non-hydrogen) atoms. The Bertz CT molecular complexity index is 369. The van der Waals surface area contributed by atoms with Gasteiger partial charge in [0.1, 0.15) is 16.8 Å². The van der Waals surface area contributed by atoms with Crippen LogP contribution < -0.4 is 5.32 Å². The van der Waals surface area contributed by atoms with Gasteiger partial charge in [-0.3, -0.25) is 0 Å². The Labute approximate surface area is 103 Å². The number of rotatable bonds is 3. The van der Waals surface area contributed by atoms with E-state index in [0.717, 1.165) is 30.2 Å². The van der Waals surface area contributed by atoms with Gasteiger partial charge in [0.05, 0.1) is 0 Å². The van der Waals surface area contributed by atoms with E-state index < -0.39 is 0 Å². The van der Waals surface area contributed by atoms with Crippen LogP contribution in [0.4, 0.5) is 5.82 Å². The molecule has 90 valence electrons. The van der Waals surface area contributed by atoms with Crippen molar-refractivity contribution in [2.45, 2.75) is 41.0 Å². The summed E-state index contributed by atoms with van der Waals surface area (Å²) in [6.45, 7) is 11.4. The van der Waals surface area contributed by atoms with E-state index in [1.807, 2.05) is 13.8 Å². The smallest absolute Gasteiger partial charge is 0.137 e. The molecular weight excluding hydrogens is 222 g/mol. The first-order valence-corrected chi connectivity index (χ1v) is 5.98. The zero-order valence-electron chi connectivity index (χ0n) is 10.7. The van der Waals surface area contributed by atoms with E-state index >= 15 is 0 Å². The minimum Gasteiger partial charge on any atom is -0.369 e. The van der Waals surface area contributed by atoms with E-state index in [2.05, 4.69) is 36.1 Å². The third kappa shape index (κ3) is 3.63. The summed E-state index contributed by atoms with van der Waals surface area (Å²) in [6.07, 6.45) is 0.796. The van der Waals surface area contributed by atoms with Gasteiger partial charge in [-0.1, -0.05) is 39.3 Å². The number of nitrogens with one attached hydrogen (secondary N) is 1. The SMILES string of the molecule is CCc1nc(Cl)c(C)c(NCC(C)(C)C)n1. The van der Waals surface area contributed by atoms with Gasteiger partial charge in [0.15, 0.2) is 0 Å². The summed E-state index contributed by atoms with van der Waals surface area (Å²) in [4.78, 5) is 8.66. The zero-order chi connectivity index (χ0) is 12.3. The first kappa shape index (κ1) is 13.2. The van der Waals surface area contributed by atoms with Gasteiger partial charge in [-0.15, -0.1) is 0 Å². The van der Waals surface area contributed by atoms with Crippen molar-refractivity contribution in [3.63, 3.8) is 0 Å². The lowest BCUT2D eigenvalue weighted by atomic mass is 9.97. The topological polar surface area (TPSA) is 37.8 Å². The third-order valence-electron chi connectivity index (χ3n) is 2.24. The van der Waals surface area contributed by atoms with Crippen LogP contribution in [-0.2, 0) is 6.42 Å². The maximum atomic E-state index is 6.06. The maximum Gasteiger partial charge on any atom is 0.137 e. The fourth-order valence-electron chi connectivity index (χ4n) is 1.21. The molecule has 0 atom stereocenters. The quantitative estimate of drug-likeness (QED) is 0.824. The molecule has 0 aromatic carbocycles. The summed E-state index contributed by atoms with van der Waals surface area (Å²) in [5.74, 6) is 1.64. The molecule has 0 bridgehead atoms. The molecule has 1 N–H and O–H groups in total. The monoisotopic (exact) mass is 241 g/mol. The third-order valence-corrected chi connectivity index (χ3v) is 2.60. The highest BCUT2D eigenvalue weighted by Gasteiger charge is 2.13. The summed E-state index contributed by atoms with van der Waals surface area (Å²) in [6, 6.07) is 0. The van der Waals surface area contributed by atoms with Crippen LogP contribution in [0.2, 0.25) is 5.15 Å². The fourth-order valence-corrected chi connectivity index (χ4v) is 1.40. The molecule has 3 nitrogen and oxygen atoms in total. The molecular formula is C12H20ClN3. The van der Waals surface area contributed by atoms with Crippen LogP contribution in [-0.4, -0.2) is 16.5 Å². The van der Waals surface area contributed by atoms with E-state index in [0.29, 0.717) is 5.15 Å². The first-order chi connectivity index (χ1) is 7.33. The van der Waals surface area contributed by atoms with Gasteiger partial charge in [-0.25, -0.2) is 9.97 Å². The van der Waals surface area contributed by atoms with Crippen molar-refractivity contribution in [2.75, 3.05) is 11.9 Å². The van der Waals surface area contributed by atoms with E-state index in [4.69, 9.17) is 11.6 Å². The highest BCUT2D eigenvalue weighted by molar-refractivity contribution is 6.30. The van der Waals surface area contributed by atoms with E-state index in [1.165, 1.54) is 0 Å². The lowest BCUT2D eigenvalue weighted by molar-refractivity contribution is 0.442. The summed E-state index contributed by atoms with van der Waals surface area (Å²) in [5, 5.41) is 3.88. The summed E-state index contributed by atoms with van der Waals surface area (Å²) >= 11 is 6.06. The van der Waals surface area contributed by atoms with Crippen molar-refractivity contribution >= 4 is 17.4 Å². The van der Waals surface area contributed by atoms with Crippen LogP contribution in [0.15, 0.2) is 0 Å². The summed E-state index contributed by atoms with van der Waals surface area (Å²) in [7, 11) is 0. The molecule has 1 rings (SSSR count). The van der Waals surface area contributed by atoms with Crippen molar-refractivity contribution in [3.05, 3.63) is 16.5 Å². The lowest BCUT2D eigenvalue weighted by Crippen LogP contribution is -2.20. The number of anilines is 1. The van der Waals surface area contributed by atoms with Gasteiger partial charge in [0.2, 0.25) is 0 Å². The Morgan fingerprint density at radius 2 is 1.88 bits per heavy atom. The van der Waals surface area contributed by atoms with Gasteiger partial charge in [0, 0.05) is 18.5 Å². The van der Waals surface area contributed by atoms with Crippen molar-refractivity contribution in [2.24, 2.45) is 5.41 Å². The van der Waals surface area contributed by atoms with Gasteiger partial charge in [0.25, 0.3) is 0 Å². The zero-order valence-corrected chi connectivity index (χ0v) is 11.4. The molecule has 1 aromatic heterocycles. The lowest BCUT2D eigenvalue weighted by Gasteiger charge is -2.20. The second kappa shape index (κ2) is 5.00. The molecule has 0 aliphatic carbocycles. The second-order valence-electron chi connectivity index (χ2n) is 5.17. The molecule has 1 aromatic rings. The minimum absolute atomic E-state index is 0.218. The van der Waals surface area contributed by atoms with Gasteiger partial charge < -0.3 is 5.32 Å². The number of halogens is 1. The van der Waals surface area contributed by atoms with Crippen molar-refractivity contribution in [1.29, 1.82) is 0 Å². The second-order valence-corrected chi connectivity index (χ2v) is 5.53. The predicted molar refractivity (Wildman–Crippen MR) is 69.1 cm³/mol. The summed E-state index contributed by atoms with van der Waals surface area (Å²) in [5.41, 5.74) is 1.14. The number of aromatic nitrogens is 2. The van der Waals surface area contributed by atoms with Crippen LogP contribution in [0, 0.1) is 12.3 Å². The normalized spacial score (nSPS) is 11.6. The molecule has 0 saturated heterocycles. The number of nitrogens with zero attached hydrogens (tertiary/aromatic N) is 2. The largest absolute Gasteiger partial charge is 0.369 e. The standard InChI is InChI=1S/C12H20ClN3/c1-6-9-15-10(13)8(2)11(16-9)14-7-12(3,4)5/h6-7H2,1-5H3,(H,14,15,16). The van der Waals surface area contributed by atoms with Crippen LogP contribution in [0.3, 0.4) is 0 Å². The molecule has 0 radical (unpaired) electrons. The summed E-state index contributed by atoms with van der Waals surface area (Å²) < 4.78 is 0. The van der Waals surface area contributed by atoms with E-state index in [1.54, 1.807) is 0 Å². The molecule has 0 aliphatic heterocycles. The minimum atomic E-state index is 0.218. The molecule has 1 heterocycles. The fraction of sp³-hybridized carbons (Fsp3) is 0.667. The highest BCUT2D eigenvalue weighted by Crippen LogP contribution is 2.22. The molecule has 4 heteroatoms. The maximum absolute atomic E-state index is 6.06. The Morgan fingerprint density at radius 3 is 2.38 bits per heavy atom. The van der Waals surface area contributed by atoms with Gasteiger partial charge in [-0.05, 0) is 12.3 Å². The van der Waals surface area contributed by atoms with Crippen molar-refractivity contribution in [3.8, 4) is 0 Å². The van der Waals surface area contributed by atoms with Crippen LogP contribution in [0.25, 0.3) is 0 Å². The van der Waals surface area contributed by atoms with Crippen LogP contribution in [0.1, 0.15) is 39.1 Å². The Hall–Kier alpha value is -0.830. The van der Waals surface area contributed by atoms with Crippen LogP contribution in [0.5, 0.6) is 0 Å². The van der Waals surface area contributed by atoms with Gasteiger partial charge >= 0.3 is 0 Å². The molecule has 0 aliphatic rings. The molecule has 0 saturated carbocycles. The Balaban J connectivity index is 2.90. The van der Waals surface area contributed by atoms with E-state index in [-0.39, 0.29) is 5.41 Å². The van der Waals surface area contributed by atoms with E-state index in [9.17, 15) is 0 Å². The van der Waals surface area contributed by atoms with Crippen molar-refractivity contribution in [1.82, 2.24) is 9.97 Å². The number of hydrogen-bond acceptors (Lipinski definition) is 3. The Morgan fingerprint density at radius 1 is 1.25 bits per heavy atom. The average molecular weight is 242 g/mol. The Kier molecular flexibility index (Phi) is 4.14. The molecule has 0 spiro atoms. The number of aryl methyl sites for hydroxylation is 1. The van der Waals surface area contributed by atoms with Crippen molar-refractivity contribution < 1.29 is 0 Å². The predicted octanol–water partition coefficient (Wildman–Crippen LogP) is 3.46.